The van der Waals surface area contributed by atoms with E-state index in [-0.39, 0.29) is 23.1 Å². The molecule has 1 aliphatic rings. The molecule has 0 N–H and O–H groups in total. The van der Waals surface area contributed by atoms with Crippen molar-refractivity contribution in [1.82, 2.24) is 5.06 Å². The first kappa shape index (κ1) is 17.7. The molecule has 2 amide bonds. The van der Waals surface area contributed by atoms with Gasteiger partial charge in [-0.3, -0.25) is 9.59 Å². The van der Waals surface area contributed by atoms with E-state index in [1.807, 2.05) is 0 Å². The molecule has 0 unspecified atom stereocenters. The lowest BCUT2D eigenvalue weighted by molar-refractivity contribution is -0.134. The minimum Gasteiger partial charge on any atom is -0.324 e. The molecule has 8 heteroatoms. The molecule has 26 heavy (non-hydrogen) atoms. The predicted octanol–water partition coefficient (Wildman–Crippen LogP) is 3.55. The molecular formula is C18H12F3NO4. The zero-order valence-corrected chi connectivity index (χ0v) is 13.2. The van der Waals surface area contributed by atoms with E-state index in [9.17, 15) is 27.6 Å². The summed E-state index contributed by atoms with van der Waals surface area (Å²) < 4.78 is 36.7. The lowest BCUT2D eigenvalue weighted by Gasteiger charge is -2.13. The molecule has 0 bridgehead atoms. The van der Waals surface area contributed by atoms with Crippen LogP contribution >= 0.6 is 0 Å². The zero-order valence-electron chi connectivity index (χ0n) is 13.2. The van der Waals surface area contributed by atoms with E-state index in [4.69, 9.17) is 4.84 Å². The molecule has 0 spiro atoms. The number of carbonyl (C=O) groups excluding carboxylic acids is 3. The largest absolute Gasteiger partial charge is 0.389 e. The summed E-state index contributed by atoms with van der Waals surface area (Å²) in [6, 6.07) is 11.3. The average Bonchev–Trinajstić information content (AvgIpc) is 2.85. The summed E-state index contributed by atoms with van der Waals surface area (Å²) in [5.74, 6) is -2.46. The maximum atomic E-state index is 12.2. The van der Waals surface area contributed by atoms with Gasteiger partial charge in [0.15, 0.2) is 0 Å². The lowest BCUT2D eigenvalue weighted by atomic mass is 10.1. The van der Waals surface area contributed by atoms with E-state index in [0.717, 1.165) is 0 Å². The number of nitrogens with zero attached hydrogens (tertiary/aromatic N) is 1. The van der Waals surface area contributed by atoms with Crippen molar-refractivity contribution in [3.8, 4) is 0 Å². The van der Waals surface area contributed by atoms with Crippen LogP contribution in [0.5, 0.6) is 0 Å². The molecule has 1 heterocycles. The number of benzene rings is 2. The quantitative estimate of drug-likeness (QED) is 0.780. The van der Waals surface area contributed by atoms with Crippen LogP contribution in [0.3, 0.4) is 0 Å². The molecule has 134 valence electrons. The molecule has 3 rings (SSSR count). The number of amides is 2. The molecule has 0 fully saturated rings. The fraction of sp³-hybridized carbons (Fsp3) is 0.167. The standard InChI is InChI=1S/C18H12F3NO4/c19-18(20,21)10-9-11-5-7-12(8-6-11)17(25)26-22-15(23)13-3-1-2-4-14(13)16(22)24/h1-8H,9-10H2. The van der Waals surface area contributed by atoms with E-state index >= 15 is 0 Å². The molecule has 0 radical (unpaired) electrons. The smallest absolute Gasteiger partial charge is 0.324 e. The van der Waals surface area contributed by atoms with Crippen LogP contribution in [-0.4, -0.2) is 29.0 Å². The van der Waals surface area contributed by atoms with Crippen LogP contribution in [0.2, 0.25) is 0 Å². The molecule has 2 aromatic rings. The van der Waals surface area contributed by atoms with Gasteiger partial charge in [0.1, 0.15) is 0 Å². The highest BCUT2D eigenvalue weighted by Gasteiger charge is 2.38. The Kier molecular flexibility index (Phi) is 4.50. The van der Waals surface area contributed by atoms with Crippen molar-refractivity contribution in [3.05, 3.63) is 70.8 Å². The van der Waals surface area contributed by atoms with Crippen molar-refractivity contribution >= 4 is 17.8 Å². The van der Waals surface area contributed by atoms with Crippen molar-refractivity contribution in [2.45, 2.75) is 19.0 Å². The normalized spacial score (nSPS) is 13.7. The van der Waals surface area contributed by atoms with Crippen LogP contribution < -0.4 is 0 Å². The summed E-state index contributed by atoms with van der Waals surface area (Å²) in [5.41, 5.74) is 0.678. The van der Waals surface area contributed by atoms with Crippen molar-refractivity contribution in [3.63, 3.8) is 0 Å². The third-order valence-electron chi connectivity index (χ3n) is 3.82. The minimum absolute atomic E-state index is 0.0114. The Balaban J connectivity index is 1.67. The molecule has 0 saturated carbocycles. The minimum atomic E-state index is -4.26. The second-order valence-electron chi connectivity index (χ2n) is 5.64. The summed E-state index contributed by atoms with van der Waals surface area (Å²) >= 11 is 0. The highest BCUT2D eigenvalue weighted by atomic mass is 19.4. The number of hydrogen-bond donors (Lipinski definition) is 0. The molecule has 5 nitrogen and oxygen atoms in total. The number of carbonyl (C=O) groups is 3. The maximum Gasteiger partial charge on any atom is 0.389 e. The SMILES string of the molecule is O=C(ON1C(=O)c2ccccc2C1=O)c1ccc(CCC(F)(F)F)cc1. The van der Waals surface area contributed by atoms with Gasteiger partial charge in [-0.15, -0.1) is 0 Å². The molecule has 0 atom stereocenters. The number of fused-ring (bicyclic) bond motifs is 1. The Labute approximate surface area is 145 Å². The number of hydrogen-bond acceptors (Lipinski definition) is 4. The Morgan fingerprint density at radius 3 is 1.96 bits per heavy atom. The van der Waals surface area contributed by atoms with Gasteiger partial charge in [-0.1, -0.05) is 29.3 Å². The second kappa shape index (κ2) is 6.62. The van der Waals surface area contributed by atoms with Crippen molar-refractivity contribution in [2.24, 2.45) is 0 Å². The van der Waals surface area contributed by atoms with Crippen LogP contribution in [-0.2, 0) is 11.3 Å². The first-order valence-electron chi connectivity index (χ1n) is 7.62. The second-order valence-corrected chi connectivity index (χ2v) is 5.64. The molecule has 0 saturated heterocycles. The van der Waals surface area contributed by atoms with Gasteiger partial charge in [-0.2, -0.15) is 13.2 Å². The number of rotatable bonds is 4. The molecular weight excluding hydrogens is 351 g/mol. The van der Waals surface area contributed by atoms with E-state index in [1.165, 1.54) is 36.4 Å². The topological polar surface area (TPSA) is 63.7 Å². The first-order chi connectivity index (χ1) is 12.3. The van der Waals surface area contributed by atoms with E-state index in [0.29, 0.717) is 10.6 Å². The zero-order chi connectivity index (χ0) is 18.9. The fourth-order valence-corrected chi connectivity index (χ4v) is 2.48. The van der Waals surface area contributed by atoms with Gasteiger partial charge in [-0.05, 0) is 36.2 Å². The Morgan fingerprint density at radius 2 is 1.46 bits per heavy atom. The van der Waals surface area contributed by atoms with Crippen LogP contribution in [0.4, 0.5) is 13.2 Å². The Bertz CT molecular complexity index is 840. The predicted molar refractivity (Wildman–Crippen MR) is 83.2 cm³/mol. The highest BCUT2D eigenvalue weighted by molar-refractivity contribution is 6.21. The number of imide groups is 1. The Morgan fingerprint density at radius 1 is 0.923 bits per heavy atom. The van der Waals surface area contributed by atoms with Crippen LogP contribution in [0, 0.1) is 0 Å². The number of halogens is 3. The number of hydroxylamine groups is 2. The highest BCUT2D eigenvalue weighted by Crippen LogP contribution is 2.24. The van der Waals surface area contributed by atoms with Gasteiger partial charge >= 0.3 is 12.1 Å². The van der Waals surface area contributed by atoms with E-state index in [2.05, 4.69) is 0 Å². The van der Waals surface area contributed by atoms with Gasteiger partial charge < -0.3 is 4.84 Å². The third kappa shape index (κ3) is 3.58. The summed E-state index contributed by atoms with van der Waals surface area (Å²) in [5, 5.41) is 0.380. The molecule has 0 aromatic heterocycles. The van der Waals surface area contributed by atoms with Crippen LogP contribution in [0.15, 0.2) is 48.5 Å². The van der Waals surface area contributed by atoms with Crippen molar-refractivity contribution < 1.29 is 32.4 Å². The first-order valence-corrected chi connectivity index (χ1v) is 7.62. The summed E-state index contributed by atoms with van der Waals surface area (Å²) in [4.78, 5) is 41.3. The third-order valence-corrected chi connectivity index (χ3v) is 3.82. The molecule has 2 aromatic carbocycles. The Hall–Kier alpha value is -3.16. The van der Waals surface area contributed by atoms with Crippen molar-refractivity contribution in [1.29, 1.82) is 0 Å². The van der Waals surface area contributed by atoms with Gasteiger partial charge in [0, 0.05) is 6.42 Å². The molecule has 1 aliphatic heterocycles. The maximum absolute atomic E-state index is 12.2. The fourth-order valence-electron chi connectivity index (χ4n) is 2.48. The summed E-state index contributed by atoms with van der Waals surface area (Å²) in [6.45, 7) is 0. The van der Waals surface area contributed by atoms with Gasteiger partial charge in [0.2, 0.25) is 0 Å². The lowest BCUT2D eigenvalue weighted by Crippen LogP contribution is -2.32. The summed E-state index contributed by atoms with van der Waals surface area (Å²) in [6.07, 6.45) is -5.44. The van der Waals surface area contributed by atoms with Gasteiger partial charge in [0.25, 0.3) is 11.8 Å². The van der Waals surface area contributed by atoms with Crippen LogP contribution in [0.25, 0.3) is 0 Å². The van der Waals surface area contributed by atoms with Crippen molar-refractivity contribution in [2.75, 3.05) is 0 Å². The van der Waals surface area contributed by atoms with E-state index < -0.39 is 30.4 Å². The average molecular weight is 363 g/mol. The monoisotopic (exact) mass is 363 g/mol. The molecule has 0 aliphatic carbocycles. The summed E-state index contributed by atoms with van der Waals surface area (Å²) in [7, 11) is 0. The van der Waals surface area contributed by atoms with Crippen LogP contribution in [0.1, 0.15) is 43.1 Å². The number of alkyl halides is 3. The van der Waals surface area contributed by atoms with Gasteiger partial charge in [-0.25, -0.2) is 4.79 Å². The van der Waals surface area contributed by atoms with E-state index in [1.54, 1.807) is 12.1 Å². The number of aryl methyl sites for hydroxylation is 1. The van der Waals surface area contributed by atoms with Gasteiger partial charge in [0.05, 0.1) is 16.7 Å².